The largest absolute Gasteiger partial charge is 0.432 e. The molecule has 0 aliphatic rings. The summed E-state index contributed by atoms with van der Waals surface area (Å²) in [7, 11) is 0. The molecule has 1 aromatic carbocycles. The monoisotopic (exact) mass is 336 g/mol. The molecule has 0 atom stereocenters. The Morgan fingerprint density at radius 2 is 2.13 bits per heavy atom. The van der Waals surface area contributed by atoms with Crippen molar-refractivity contribution in [2.24, 2.45) is 0 Å². The SMILES string of the molecule is [2H]C([2H])(c1cc[nH]c1)c1ccc(OC(F)F)c(-c2cccc(Cl)c2)n1. The van der Waals surface area contributed by atoms with Gasteiger partial charge >= 0.3 is 6.61 Å². The number of ether oxygens (including phenoxy) is 1. The zero-order valence-corrected chi connectivity index (χ0v) is 12.5. The quantitative estimate of drug-likeness (QED) is 0.718. The highest BCUT2D eigenvalue weighted by Crippen LogP contribution is 2.31. The molecular weight excluding hydrogens is 322 g/mol. The number of aromatic nitrogens is 2. The smallest absolute Gasteiger partial charge is 0.387 e. The highest BCUT2D eigenvalue weighted by atomic mass is 35.5. The van der Waals surface area contributed by atoms with Crippen molar-refractivity contribution in [2.75, 3.05) is 0 Å². The first-order valence-electron chi connectivity index (χ1n) is 7.73. The van der Waals surface area contributed by atoms with Gasteiger partial charge in [-0.3, -0.25) is 0 Å². The van der Waals surface area contributed by atoms with Crippen LogP contribution in [-0.2, 0) is 6.37 Å². The molecule has 0 unspecified atom stereocenters. The summed E-state index contributed by atoms with van der Waals surface area (Å²) in [6.07, 6.45) is 1.21. The van der Waals surface area contributed by atoms with Gasteiger partial charge in [-0.1, -0.05) is 23.7 Å². The third-order valence-electron chi connectivity index (χ3n) is 3.04. The molecule has 0 radical (unpaired) electrons. The van der Waals surface area contributed by atoms with Crippen molar-refractivity contribution < 1.29 is 16.3 Å². The van der Waals surface area contributed by atoms with Crippen LogP contribution in [0.25, 0.3) is 11.3 Å². The summed E-state index contributed by atoms with van der Waals surface area (Å²) in [6.45, 7) is -3.02. The van der Waals surface area contributed by atoms with Crippen LogP contribution in [0.3, 0.4) is 0 Å². The van der Waals surface area contributed by atoms with Crippen LogP contribution in [-0.4, -0.2) is 16.6 Å². The minimum absolute atomic E-state index is 0.0729. The van der Waals surface area contributed by atoms with Crippen molar-refractivity contribution in [1.29, 1.82) is 0 Å². The Balaban J connectivity index is 2.13. The third-order valence-corrected chi connectivity index (χ3v) is 3.28. The lowest BCUT2D eigenvalue weighted by Crippen LogP contribution is -2.05. The first-order chi connectivity index (χ1) is 11.9. The van der Waals surface area contributed by atoms with E-state index >= 15 is 0 Å². The molecule has 23 heavy (non-hydrogen) atoms. The summed E-state index contributed by atoms with van der Waals surface area (Å²) in [5, 5.41) is 0.404. The molecule has 0 amide bonds. The predicted octanol–water partition coefficient (Wildman–Crippen LogP) is 4.92. The minimum atomic E-state index is -3.02. The maximum absolute atomic E-state index is 12.7. The van der Waals surface area contributed by atoms with Gasteiger partial charge in [-0.05, 0) is 35.9 Å². The number of benzene rings is 1. The number of hydrogen-bond donors (Lipinski definition) is 1. The normalized spacial score (nSPS) is 12.9. The first kappa shape index (κ1) is 13.1. The van der Waals surface area contributed by atoms with Crippen LogP contribution in [0.5, 0.6) is 5.75 Å². The fourth-order valence-electron chi connectivity index (χ4n) is 2.10. The molecule has 0 spiro atoms. The van der Waals surface area contributed by atoms with Crippen molar-refractivity contribution in [3.05, 3.63) is 71.1 Å². The van der Waals surface area contributed by atoms with E-state index in [4.69, 9.17) is 14.3 Å². The van der Waals surface area contributed by atoms with Gasteiger partial charge in [-0.25, -0.2) is 4.98 Å². The van der Waals surface area contributed by atoms with E-state index in [-0.39, 0.29) is 17.1 Å². The van der Waals surface area contributed by atoms with E-state index in [0.29, 0.717) is 16.1 Å². The second kappa shape index (κ2) is 6.79. The summed E-state index contributed by atoms with van der Waals surface area (Å²) >= 11 is 5.97. The number of nitrogens with one attached hydrogen (secondary N) is 1. The van der Waals surface area contributed by atoms with E-state index in [1.165, 1.54) is 18.3 Å². The van der Waals surface area contributed by atoms with Crippen LogP contribution in [0.4, 0.5) is 8.78 Å². The highest BCUT2D eigenvalue weighted by Gasteiger charge is 2.14. The summed E-state index contributed by atoms with van der Waals surface area (Å²) < 4.78 is 46.5. The molecule has 2 heterocycles. The molecule has 6 heteroatoms. The van der Waals surface area contributed by atoms with Gasteiger partial charge in [0.25, 0.3) is 0 Å². The van der Waals surface area contributed by atoms with E-state index in [1.54, 1.807) is 36.5 Å². The molecule has 0 saturated heterocycles. The van der Waals surface area contributed by atoms with Crippen molar-refractivity contribution in [3.63, 3.8) is 0 Å². The maximum Gasteiger partial charge on any atom is 0.387 e. The Hall–Kier alpha value is -2.40. The highest BCUT2D eigenvalue weighted by molar-refractivity contribution is 6.30. The van der Waals surface area contributed by atoms with Crippen molar-refractivity contribution in [1.82, 2.24) is 9.97 Å². The number of alkyl halides is 2. The van der Waals surface area contributed by atoms with Crippen LogP contribution < -0.4 is 4.74 Å². The minimum Gasteiger partial charge on any atom is -0.432 e. The lowest BCUT2D eigenvalue weighted by molar-refractivity contribution is -0.0496. The summed E-state index contributed by atoms with van der Waals surface area (Å²) in [5.74, 6) is -0.147. The number of rotatable bonds is 5. The summed E-state index contributed by atoms with van der Waals surface area (Å²) in [4.78, 5) is 7.05. The van der Waals surface area contributed by atoms with Gasteiger partial charge in [0.15, 0.2) is 5.75 Å². The van der Waals surface area contributed by atoms with Crippen LogP contribution in [0.15, 0.2) is 54.9 Å². The molecule has 0 saturated carbocycles. The van der Waals surface area contributed by atoms with Crippen LogP contribution in [0.2, 0.25) is 5.02 Å². The molecular formula is C17H13ClF2N2O. The molecule has 1 N–H and O–H groups in total. The fraction of sp³-hybridized carbons (Fsp3) is 0.118. The topological polar surface area (TPSA) is 37.9 Å². The Bertz CT molecular complexity index is 873. The number of hydrogen-bond acceptors (Lipinski definition) is 2. The Morgan fingerprint density at radius 3 is 2.83 bits per heavy atom. The van der Waals surface area contributed by atoms with Gasteiger partial charge in [0, 0.05) is 37.8 Å². The van der Waals surface area contributed by atoms with E-state index in [9.17, 15) is 8.78 Å². The zero-order valence-electron chi connectivity index (χ0n) is 13.8. The number of nitrogens with zero attached hydrogens (tertiary/aromatic N) is 1. The molecule has 118 valence electrons. The third kappa shape index (κ3) is 3.87. The predicted molar refractivity (Wildman–Crippen MR) is 84.9 cm³/mol. The van der Waals surface area contributed by atoms with E-state index in [0.717, 1.165) is 0 Å². The average Bonchev–Trinajstić information content (AvgIpc) is 3.10. The van der Waals surface area contributed by atoms with Crippen molar-refractivity contribution in [3.8, 4) is 17.0 Å². The fourth-order valence-corrected chi connectivity index (χ4v) is 2.29. The lowest BCUT2D eigenvalue weighted by Gasteiger charge is -2.12. The van der Waals surface area contributed by atoms with E-state index in [1.807, 2.05) is 0 Å². The maximum atomic E-state index is 12.7. The van der Waals surface area contributed by atoms with Gasteiger partial charge in [-0.2, -0.15) is 8.78 Å². The zero-order chi connectivity index (χ0) is 18.0. The van der Waals surface area contributed by atoms with E-state index < -0.39 is 13.0 Å². The second-order valence-corrected chi connectivity index (χ2v) is 5.09. The first-order valence-corrected chi connectivity index (χ1v) is 7.11. The summed E-state index contributed by atoms with van der Waals surface area (Å²) in [6, 6.07) is 10.7. The standard InChI is InChI=1S/C17H13ClF2N2O/c18-13-3-1-2-12(9-13)16-15(23-17(19)20)5-4-14(22-16)8-11-6-7-21-10-11/h1-7,9-10,17,21H,8H2/i8D2. The Morgan fingerprint density at radius 1 is 1.26 bits per heavy atom. The van der Waals surface area contributed by atoms with Gasteiger partial charge in [0.05, 0.1) is 0 Å². The number of H-pyrrole nitrogens is 1. The van der Waals surface area contributed by atoms with Crippen LogP contribution in [0.1, 0.15) is 14.0 Å². The molecule has 0 aliphatic heterocycles. The molecule has 0 aliphatic carbocycles. The van der Waals surface area contributed by atoms with Gasteiger partial charge in [-0.15, -0.1) is 0 Å². The summed E-state index contributed by atoms with van der Waals surface area (Å²) in [5.41, 5.74) is 0.998. The molecule has 3 nitrogen and oxygen atoms in total. The number of aromatic amines is 1. The molecule has 2 aromatic heterocycles. The van der Waals surface area contributed by atoms with Gasteiger partial charge in [0.2, 0.25) is 0 Å². The molecule has 3 rings (SSSR count). The Kier molecular flexibility index (Phi) is 3.86. The van der Waals surface area contributed by atoms with E-state index in [2.05, 4.69) is 14.7 Å². The van der Waals surface area contributed by atoms with Crippen molar-refractivity contribution >= 4 is 11.6 Å². The molecule has 0 fully saturated rings. The second-order valence-electron chi connectivity index (χ2n) is 4.66. The van der Waals surface area contributed by atoms with Gasteiger partial charge in [0.1, 0.15) is 5.69 Å². The lowest BCUT2D eigenvalue weighted by atomic mass is 10.1. The average molecular weight is 337 g/mol. The van der Waals surface area contributed by atoms with Gasteiger partial charge < -0.3 is 9.72 Å². The molecule has 3 aromatic rings. The van der Waals surface area contributed by atoms with Crippen LogP contribution >= 0.6 is 11.6 Å². The van der Waals surface area contributed by atoms with Crippen molar-refractivity contribution in [2.45, 2.75) is 13.0 Å². The number of halogens is 3. The van der Waals surface area contributed by atoms with Crippen LogP contribution in [0, 0.1) is 0 Å². The Labute approximate surface area is 139 Å². The number of pyridine rings is 1. The molecule has 0 bridgehead atoms.